The maximum Gasteiger partial charge on any atom is 0.461 e. The maximum atomic E-state index is 12.3. The van der Waals surface area contributed by atoms with Crippen LogP contribution < -0.4 is 0 Å². The molecule has 0 aromatic rings. The van der Waals surface area contributed by atoms with Gasteiger partial charge in [-0.3, -0.25) is 4.79 Å². The Balaban J connectivity index is 4.98. The summed E-state index contributed by atoms with van der Waals surface area (Å²) in [5.74, 6) is -7.38. The smallest absolute Gasteiger partial charge is 0.292 e. The predicted octanol–water partition coefficient (Wildman–Crippen LogP) is 2.80. The Hall–Kier alpha value is -0.680. The lowest BCUT2D eigenvalue weighted by Crippen LogP contribution is -2.49. The van der Waals surface area contributed by atoms with Gasteiger partial charge >= 0.3 is 12.1 Å². The number of carbonyl (C=O) groups excluding carboxylic acids is 1. The molecule has 0 aliphatic heterocycles. The molecule has 0 bridgehead atoms. The summed E-state index contributed by atoms with van der Waals surface area (Å²) in [7, 11) is 0. The third-order valence-corrected chi connectivity index (χ3v) is 1.32. The van der Waals surface area contributed by atoms with Gasteiger partial charge < -0.3 is 0 Å². The van der Waals surface area contributed by atoms with Crippen molar-refractivity contribution in [1.29, 1.82) is 0 Å². The minimum Gasteiger partial charge on any atom is -0.292 e. The fraction of sp³-hybridized carbons (Fsp3) is 0.857. The molecule has 0 spiro atoms. The average Bonchev–Trinajstić information content (AvgIpc) is 1.81. The largest absolute Gasteiger partial charge is 0.461 e. The van der Waals surface area contributed by atoms with Crippen molar-refractivity contribution in [2.45, 2.75) is 32.9 Å². The monoisotopic (exact) mass is 204 g/mol. The van der Waals surface area contributed by atoms with E-state index in [4.69, 9.17) is 0 Å². The highest BCUT2D eigenvalue weighted by atomic mass is 19.4. The summed E-state index contributed by atoms with van der Waals surface area (Å²) in [4.78, 5) is 10.7. The molecule has 0 aliphatic carbocycles. The van der Waals surface area contributed by atoms with Crippen LogP contribution in [0.2, 0.25) is 0 Å². The second-order valence-electron chi connectivity index (χ2n) is 3.65. The first-order valence-corrected chi connectivity index (χ1v) is 3.40. The van der Waals surface area contributed by atoms with Crippen molar-refractivity contribution in [3.05, 3.63) is 0 Å². The Morgan fingerprint density at radius 1 is 0.923 bits per heavy atom. The van der Waals surface area contributed by atoms with Gasteiger partial charge in [-0.1, -0.05) is 20.8 Å². The third kappa shape index (κ3) is 2.38. The molecule has 0 aromatic heterocycles. The van der Waals surface area contributed by atoms with Crippen molar-refractivity contribution < 1.29 is 26.7 Å². The van der Waals surface area contributed by atoms with Crippen molar-refractivity contribution in [3.63, 3.8) is 0 Å². The Kier molecular flexibility index (Phi) is 2.77. The fourth-order valence-corrected chi connectivity index (χ4v) is 0.600. The van der Waals surface area contributed by atoms with Crippen LogP contribution in [0.3, 0.4) is 0 Å². The predicted molar refractivity (Wildman–Crippen MR) is 35.5 cm³/mol. The van der Waals surface area contributed by atoms with Crippen molar-refractivity contribution in [2.75, 3.05) is 0 Å². The van der Waals surface area contributed by atoms with E-state index in [1.54, 1.807) is 0 Å². The van der Waals surface area contributed by atoms with Crippen LogP contribution in [-0.4, -0.2) is 17.9 Å². The maximum absolute atomic E-state index is 12.3. The quantitative estimate of drug-likeness (QED) is 0.600. The minimum atomic E-state index is -5.81. The summed E-state index contributed by atoms with van der Waals surface area (Å²) in [5, 5.41) is 0. The van der Waals surface area contributed by atoms with Gasteiger partial charge in [0, 0.05) is 5.41 Å². The third-order valence-electron chi connectivity index (χ3n) is 1.32. The lowest BCUT2D eigenvalue weighted by Gasteiger charge is -2.25. The van der Waals surface area contributed by atoms with Gasteiger partial charge in [-0.2, -0.15) is 22.0 Å². The van der Waals surface area contributed by atoms with Crippen molar-refractivity contribution in [1.82, 2.24) is 0 Å². The van der Waals surface area contributed by atoms with E-state index in [1.165, 1.54) is 0 Å². The van der Waals surface area contributed by atoms with Gasteiger partial charge in [0.2, 0.25) is 5.78 Å². The number of hydrogen-bond donors (Lipinski definition) is 0. The average molecular weight is 204 g/mol. The number of rotatable bonds is 1. The highest BCUT2D eigenvalue weighted by Gasteiger charge is 2.64. The molecule has 0 atom stereocenters. The number of Topliss-reactive ketones (excluding diaryl/α,β-unsaturated/α-hetero) is 1. The van der Waals surface area contributed by atoms with Crippen molar-refractivity contribution in [2.24, 2.45) is 5.41 Å². The van der Waals surface area contributed by atoms with Crippen molar-refractivity contribution >= 4 is 5.78 Å². The molecule has 0 saturated heterocycles. The normalized spacial score (nSPS) is 14.5. The van der Waals surface area contributed by atoms with E-state index >= 15 is 0 Å². The van der Waals surface area contributed by atoms with Crippen LogP contribution in [0.4, 0.5) is 22.0 Å². The van der Waals surface area contributed by atoms with Crippen LogP contribution in [0.5, 0.6) is 0 Å². The molecule has 13 heavy (non-hydrogen) atoms. The van der Waals surface area contributed by atoms with Crippen LogP contribution in [0.25, 0.3) is 0 Å². The van der Waals surface area contributed by atoms with E-state index in [2.05, 4.69) is 0 Å². The number of halogens is 5. The lowest BCUT2D eigenvalue weighted by molar-refractivity contribution is -0.272. The number of hydrogen-bond acceptors (Lipinski definition) is 1. The van der Waals surface area contributed by atoms with E-state index in [9.17, 15) is 26.7 Å². The SMILES string of the molecule is CC(C)(C)C(=O)C(F)(F)C(F)(F)F. The summed E-state index contributed by atoms with van der Waals surface area (Å²) < 4.78 is 59.6. The molecular formula is C7H9F5O. The fourth-order valence-electron chi connectivity index (χ4n) is 0.600. The Morgan fingerprint density at radius 2 is 1.23 bits per heavy atom. The van der Waals surface area contributed by atoms with Gasteiger partial charge in [-0.05, 0) is 0 Å². The van der Waals surface area contributed by atoms with E-state index in [0.29, 0.717) is 0 Å². The molecule has 0 aromatic carbocycles. The molecule has 0 rings (SSSR count). The van der Waals surface area contributed by atoms with Gasteiger partial charge in [-0.25, -0.2) is 0 Å². The van der Waals surface area contributed by atoms with Gasteiger partial charge in [0.25, 0.3) is 0 Å². The van der Waals surface area contributed by atoms with Crippen LogP contribution in [0.1, 0.15) is 20.8 Å². The molecule has 1 nitrogen and oxygen atoms in total. The van der Waals surface area contributed by atoms with Gasteiger partial charge in [0.15, 0.2) is 0 Å². The van der Waals surface area contributed by atoms with Crippen LogP contribution in [0.15, 0.2) is 0 Å². The summed E-state index contributed by atoms with van der Waals surface area (Å²) >= 11 is 0. The summed E-state index contributed by atoms with van der Waals surface area (Å²) in [6, 6.07) is 0. The first-order chi connectivity index (χ1) is 5.40. The second kappa shape index (κ2) is 2.92. The van der Waals surface area contributed by atoms with Gasteiger partial charge in [-0.15, -0.1) is 0 Å². The standard InChI is InChI=1S/C7H9F5O/c1-5(2,3)4(13)6(8,9)7(10,11)12/h1-3H3. The molecule has 0 fully saturated rings. The van der Waals surface area contributed by atoms with Gasteiger partial charge in [0.05, 0.1) is 0 Å². The molecule has 0 heterocycles. The van der Waals surface area contributed by atoms with Crippen LogP contribution in [0, 0.1) is 5.41 Å². The van der Waals surface area contributed by atoms with E-state index < -0.39 is 23.3 Å². The molecule has 6 heteroatoms. The molecule has 0 radical (unpaired) electrons. The first-order valence-electron chi connectivity index (χ1n) is 3.40. The Morgan fingerprint density at radius 3 is 1.31 bits per heavy atom. The second-order valence-corrected chi connectivity index (χ2v) is 3.65. The Labute approximate surface area is 71.9 Å². The van der Waals surface area contributed by atoms with Crippen LogP contribution >= 0.6 is 0 Å². The molecule has 78 valence electrons. The molecule has 0 aliphatic rings. The summed E-state index contributed by atoms with van der Waals surface area (Å²) in [6.07, 6.45) is -5.81. The van der Waals surface area contributed by atoms with E-state index in [0.717, 1.165) is 20.8 Å². The van der Waals surface area contributed by atoms with Gasteiger partial charge in [0.1, 0.15) is 0 Å². The zero-order valence-electron chi connectivity index (χ0n) is 7.30. The van der Waals surface area contributed by atoms with E-state index in [1.807, 2.05) is 0 Å². The van der Waals surface area contributed by atoms with Crippen LogP contribution in [-0.2, 0) is 4.79 Å². The zero-order chi connectivity index (χ0) is 11.1. The number of alkyl halides is 5. The summed E-state index contributed by atoms with van der Waals surface area (Å²) in [5.41, 5.74) is -1.71. The molecular weight excluding hydrogens is 195 g/mol. The number of carbonyl (C=O) groups is 1. The van der Waals surface area contributed by atoms with Crippen molar-refractivity contribution in [3.8, 4) is 0 Å². The first kappa shape index (κ1) is 12.3. The molecule has 0 saturated carbocycles. The lowest BCUT2D eigenvalue weighted by atomic mass is 9.87. The zero-order valence-corrected chi connectivity index (χ0v) is 7.30. The summed E-state index contributed by atoms with van der Waals surface area (Å²) in [6.45, 7) is 3.03. The molecule has 0 unspecified atom stereocenters. The van der Waals surface area contributed by atoms with E-state index in [-0.39, 0.29) is 0 Å². The highest BCUT2D eigenvalue weighted by molar-refractivity contribution is 5.90. The number of ketones is 1. The highest BCUT2D eigenvalue weighted by Crippen LogP contribution is 2.40. The Bertz CT molecular complexity index is 210. The molecule has 0 amide bonds. The topological polar surface area (TPSA) is 17.1 Å². The minimum absolute atomic E-state index is 1.01. The molecule has 0 N–H and O–H groups in total.